The number of rotatable bonds is 6. The van der Waals surface area contributed by atoms with Crippen LogP contribution in [0.2, 0.25) is 0 Å². The quantitative estimate of drug-likeness (QED) is 0.465. The number of carboxylic acid groups (broad SMARTS) is 1. The van der Waals surface area contributed by atoms with E-state index in [0.29, 0.717) is 0 Å². The summed E-state index contributed by atoms with van der Waals surface area (Å²) in [6.07, 6.45) is 14.6. The van der Waals surface area contributed by atoms with Crippen LogP contribution in [0.15, 0.2) is 58.7 Å². The van der Waals surface area contributed by atoms with Gasteiger partial charge in [-0.25, -0.2) is 4.79 Å². The Morgan fingerprint density at radius 3 is 2.58 bits per heavy atom. The molecule has 0 fully saturated rings. The standard InChI is InChI=1S/C21H30O3/c1-16(8-6-9-17(2)13-15-24-20(22)23)11-12-19-18(3)10-7-14-21(19,4)5/h6,8-9,11-13H,7,10,14-15H2,1-5H3,(H,22,23)/b9-6+,12-11+,16-8+,17-13+. The highest BCUT2D eigenvalue weighted by atomic mass is 16.7. The number of carbonyl (C=O) groups is 1. The van der Waals surface area contributed by atoms with Gasteiger partial charge < -0.3 is 9.84 Å². The minimum Gasteiger partial charge on any atom is -0.450 e. The molecular formula is C21H30O3. The fourth-order valence-corrected chi connectivity index (χ4v) is 2.94. The highest BCUT2D eigenvalue weighted by Gasteiger charge is 2.26. The molecule has 0 aliphatic heterocycles. The zero-order valence-electron chi connectivity index (χ0n) is 15.6. The van der Waals surface area contributed by atoms with Crippen molar-refractivity contribution in [3.8, 4) is 0 Å². The van der Waals surface area contributed by atoms with Crippen LogP contribution < -0.4 is 0 Å². The SMILES string of the molecule is CC1=C(/C=C/C(C)=C/C=C/C(C)=C/COC(=O)O)C(C)(C)CCC1. The third-order valence-electron chi connectivity index (χ3n) is 4.39. The molecule has 0 aromatic heterocycles. The van der Waals surface area contributed by atoms with E-state index in [0.717, 1.165) is 5.57 Å². The summed E-state index contributed by atoms with van der Waals surface area (Å²) < 4.78 is 4.45. The van der Waals surface area contributed by atoms with E-state index in [9.17, 15) is 4.79 Å². The van der Waals surface area contributed by atoms with Gasteiger partial charge in [0.25, 0.3) is 0 Å². The monoisotopic (exact) mass is 330 g/mol. The van der Waals surface area contributed by atoms with E-state index < -0.39 is 6.16 Å². The predicted octanol–water partition coefficient (Wildman–Crippen LogP) is 6.21. The second kappa shape index (κ2) is 9.31. The molecule has 0 saturated heterocycles. The second-order valence-corrected chi connectivity index (χ2v) is 7.06. The molecule has 0 saturated carbocycles. The molecule has 0 radical (unpaired) electrons. The van der Waals surface area contributed by atoms with Crippen molar-refractivity contribution in [2.24, 2.45) is 5.41 Å². The van der Waals surface area contributed by atoms with Gasteiger partial charge in [0.15, 0.2) is 0 Å². The Labute approximate surface area is 146 Å². The lowest BCUT2D eigenvalue weighted by molar-refractivity contribution is 0.102. The molecule has 1 rings (SSSR count). The molecule has 0 bridgehead atoms. The molecule has 0 spiro atoms. The summed E-state index contributed by atoms with van der Waals surface area (Å²) in [5, 5.41) is 8.41. The Kier molecular flexibility index (Phi) is 7.76. The molecule has 0 aromatic rings. The van der Waals surface area contributed by atoms with Crippen LogP contribution in [0.5, 0.6) is 0 Å². The summed E-state index contributed by atoms with van der Waals surface area (Å²) in [5.41, 5.74) is 5.38. The van der Waals surface area contributed by atoms with Crippen molar-refractivity contribution in [1.82, 2.24) is 0 Å². The van der Waals surface area contributed by atoms with Crippen LogP contribution in [-0.4, -0.2) is 17.9 Å². The van der Waals surface area contributed by atoms with Crippen LogP contribution in [0.3, 0.4) is 0 Å². The predicted molar refractivity (Wildman–Crippen MR) is 100 cm³/mol. The zero-order chi connectivity index (χ0) is 18.2. The normalized spacial score (nSPS) is 19.4. The van der Waals surface area contributed by atoms with E-state index in [1.165, 1.54) is 36.0 Å². The molecule has 0 heterocycles. The van der Waals surface area contributed by atoms with E-state index in [4.69, 9.17) is 5.11 Å². The van der Waals surface area contributed by atoms with Crippen LogP contribution in [0, 0.1) is 5.41 Å². The minimum absolute atomic E-state index is 0.0800. The molecule has 0 aromatic carbocycles. The van der Waals surface area contributed by atoms with Crippen molar-refractivity contribution < 1.29 is 14.6 Å². The molecular weight excluding hydrogens is 300 g/mol. The van der Waals surface area contributed by atoms with Crippen molar-refractivity contribution >= 4 is 6.16 Å². The number of hydrogen-bond acceptors (Lipinski definition) is 2. The molecule has 24 heavy (non-hydrogen) atoms. The lowest BCUT2D eigenvalue weighted by Gasteiger charge is -2.32. The fraction of sp³-hybridized carbons (Fsp3) is 0.476. The van der Waals surface area contributed by atoms with Gasteiger partial charge in [0, 0.05) is 0 Å². The first kappa shape index (κ1) is 20.0. The zero-order valence-corrected chi connectivity index (χ0v) is 15.6. The van der Waals surface area contributed by atoms with Gasteiger partial charge in [-0.15, -0.1) is 0 Å². The second-order valence-electron chi connectivity index (χ2n) is 7.06. The average molecular weight is 330 g/mol. The van der Waals surface area contributed by atoms with Crippen molar-refractivity contribution in [3.63, 3.8) is 0 Å². The van der Waals surface area contributed by atoms with Crippen LogP contribution in [0.25, 0.3) is 0 Å². The van der Waals surface area contributed by atoms with Crippen molar-refractivity contribution in [3.05, 3.63) is 58.7 Å². The summed E-state index contributed by atoms with van der Waals surface area (Å²) >= 11 is 0. The lowest BCUT2D eigenvalue weighted by atomic mass is 9.72. The number of allylic oxidation sites excluding steroid dienone is 9. The van der Waals surface area contributed by atoms with Crippen LogP contribution in [0.4, 0.5) is 4.79 Å². The molecule has 3 heteroatoms. The largest absolute Gasteiger partial charge is 0.506 e. The first-order valence-electron chi connectivity index (χ1n) is 8.48. The van der Waals surface area contributed by atoms with Gasteiger partial charge in [-0.05, 0) is 57.1 Å². The average Bonchev–Trinajstić information content (AvgIpc) is 2.45. The van der Waals surface area contributed by atoms with Crippen LogP contribution in [-0.2, 0) is 4.74 Å². The number of ether oxygens (including phenoxy) is 1. The Morgan fingerprint density at radius 1 is 1.25 bits per heavy atom. The van der Waals surface area contributed by atoms with E-state index in [1.54, 1.807) is 6.08 Å². The summed E-state index contributed by atoms with van der Waals surface area (Å²) in [5.74, 6) is 0. The topological polar surface area (TPSA) is 46.5 Å². The maximum Gasteiger partial charge on any atom is 0.506 e. The van der Waals surface area contributed by atoms with Gasteiger partial charge in [0.05, 0.1) is 0 Å². The maximum atomic E-state index is 10.3. The van der Waals surface area contributed by atoms with Crippen LogP contribution >= 0.6 is 0 Å². The highest BCUT2D eigenvalue weighted by molar-refractivity contribution is 5.56. The lowest BCUT2D eigenvalue weighted by Crippen LogP contribution is -2.19. The molecule has 1 N–H and O–H groups in total. The smallest absolute Gasteiger partial charge is 0.450 e. The van der Waals surface area contributed by atoms with Gasteiger partial charge >= 0.3 is 6.16 Å². The minimum atomic E-state index is -1.25. The van der Waals surface area contributed by atoms with Gasteiger partial charge in [-0.3, -0.25) is 0 Å². The van der Waals surface area contributed by atoms with E-state index >= 15 is 0 Å². The Balaban J connectivity index is 2.67. The molecule has 0 unspecified atom stereocenters. The molecule has 0 atom stereocenters. The summed E-state index contributed by atoms with van der Waals surface area (Å²) in [7, 11) is 0. The Bertz CT molecular complexity index is 599. The van der Waals surface area contributed by atoms with Crippen LogP contribution in [0.1, 0.15) is 53.9 Å². The molecule has 1 aliphatic rings. The van der Waals surface area contributed by atoms with Gasteiger partial charge in [-0.1, -0.05) is 60.9 Å². The highest BCUT2D eigenvalue weighted by Crippen LogP contribution is 2.40. The fourth-order valence-electron chi connectivity index (χ4n) is 2.94. The molecule has 0 amide bonds. The molecule has 1 aliphatic carbocycles. The molecule has 3 nitrogen and oxygen atoms in total. The summed E-state index contributed by atoms with van der Waals surface area (Å²) in [4.78, 5) is 10.3. The van der Waals surface area contributed by atoms with Crippen molar-refractivity contribution in [1.29, 1.82) is 0 Å². The van der Waals surface area contributed by atoms with E-state index in [2.05, 4.69) is 50.7 Å². The van der Waals surface area contributed by atoms with Gasteiger partial charge in [0.2, 0.25) is 0 Å². The third-order valence-corrected chi connectivity index (χ3v) is 4.39. The van der Waals surface area contributed by atoms with Gasteiger partial charge in [-0.2, -0.15) is 0 Å². The van der Waals surface area contributed by atoms with Gasteiger partial charge in [0.1, 0.15) is 6.61 Å². The van der Waals surface area contributed by atoms with E-state index in [-0.39, 0.29) is 12.0 Å². The first-order chi connectivity index (χ1) is 11.2. The van der Waals surface area contributed by atoms with Crippen molar-refractivity contribution in [2.45, 2.75) is 53.9 Å². The number of hydrogen-bond donors (Lipinski definition) is 1. The third kappa shape index (κ3) is 7.03. The summed E-state index contributed by atoms with van der Waals surface area (Å²) in [6.45, 7) is 11.0. The Morgan fingerprint density at radius 2 is 1.96 bits per heavy atom. The maximum absolute atomic E-state index is 10.3. The summed E-state index contributed by atoms with van der Waals surface area (Å²) in [6, 6.07) is 0. The Hall–Kier alpha value is -2.03. The van der Waals surface area contributed by atoms with E-state index in [1.807, 2.05) is 19.1 Å². The first-order valence-corrected chi connectivity index (χ1v) is 8.48. The molecule has 132 valence electrons. The van der Waals surface area contributed by atoms with Crippen molar-refractivity contribution in [2.75, 3.05) is 6.61 Å².